The van der Waals surface area contributed by atoms with E-state index in [0.717, 1.165) is 12.8 Å². The van der Waals surface area contributed by atoms with E-state index in [-0.39, 0.29) is 0 Å². The summed E-state index contributed by atoms with van der Waals surface area (Å²) in [6, 6.07) is 9.17. The highest BCUT2D eigenvalue weighted by Gasteiger charge is 2.04. The molecule has 15 heavy (non-hydrogen) atoms. The lowest BCUT2D eigenvalue weighted by atomic mass is 10.0. The molecule has 0 amide bonds. The van der Waals surface area contributed by atoms with Gasteiger partial charge in [-0.25, -0.2) is 0 Å². The third-order valence-electron chi connectivity index (χ3n) is 2.54. The molecule has 1 N–H and O–H groups in total. The monoisotopic (exact) mass is 201 g/mol. The molecule has 0 spiro atoms. The highest BCUT2D eigenvalue weighted by atomic mass is 14.9. The SMILES string of the molecule is CC#CCC(Cc1ccc(C)cc1)NC. The number of benzene rings is 1. The van der Waals surface area contributed by atoms with Crippen LogP contribution in [-0.4, -0.2) is 13.1 Å². The lowest BCUT2D eigenvalue weighted by Crippen LogP contribution is -2.26. The van der Waals surface area contributed by atoms with E-state index >= 15 is 0 Å². The summed E-state index contributed by atoms with van der Waals surface area (Å²) in [6.07, 6.45) is 1.96. The molecular formula is C14H19N. The highest BCUT2D eigenvalue weighted by molar-refractivity contribution is 5.22. The van der Waals surface area contributed by atoms with Crippen molar-refractivity contribution in [3.63, 3.8) is 0 Å². The standard InChI is InChI=1S/C14H19N/c1-4-5-6-14(15-3)11-13-9-7-12(2)8-10-13/h7-10,14-15H,6,11H2,1-3H3. The Morgan fingerprint density at radius 2 is 1.93 bits per heavy atom. The first-order valence-electron chi connectivity index (χ1n) is 5.38. The van der Waals surface area contributed by atoms with E-state index in [1.165, 1.54) is 11.1 Å². The molecule has 0 aromatic heterocycles. The van der Waals surface area contributed by atoms with Gasteiger partial charge in [-0.2, -0.15) is 0 Å². The second kappa shape index (κ2) is 6.27. The normalized spacial score (nSPS) is 11.7. The summed E-state index contributed by atoms with van der Waals surface area (Å²) in [6.45, 7) is 4.00. The van der Waals surface area contributed by atoms with E-state index in [4.69, 9.17) is 0 Å². The molecule has 0 aliphatic rings. The number of hydrogen-bond donors (Lipinski definition) is 1. The Bertz CT molecular complexity index is 340. The Hall–Kier alpha value is -1.26. The molecule has 1 heteroatoms. The van der Waals surface area contributed by atoms with Crippen LogP contribution in [-0.2, 0) is 6.42 Å². The quantitative estimate of drug-likeness (QED) is 0.738. The number of rotatable bonds is 4. The average Bonchev–Trinajstić information content (AvgIpc) is 2.27. The van der Waals surface area contributed by atoms with Gasteiger partial charge in [-0.05, 0) is 32.9 Å². The van der Waals surface area contributed by atoms with Crippen molar-refractivity contribution in [3.8, 4) is 11.8 Å². The van der Waals surface area contributed by atoms with Crippen molar-refractivity contribution in [3.05, 3.63) is 35.4 Å². The van der Waals surface area contributed by atoms with Crippen LogP contribution in [0.2, 0.25) is 0 Å². The summed E-state index contributed by atoms with van der Waals surface area (Å²) in [7, 11) is 2.00. The maximum absolute atomic E-state index is 3.30. The van der Waals surface area contributed by atoms with Gasteiger partial charge in [0, 0.05) is 12.5 Å². The maximum atomic E-state index is 3.30. The van der Waals surface area contributed by atoms with E-state index in [1.807, 2.05) is 14.0 Å². The van der Waals surface area contributed by atoms with Crippen molar-refractivity contribution in [1.82, 2.24) is 5.32 Å². The zero-order valence-corrected chi connectivity index (χ0v) is 9.80. The Morgan fingerprint density at radius 1 is 1.27 bits per heavy atom. The molecule has 1 aromatic carbocycles. The van der Waals surface area contributed by atoms with Gasteiger partial charge in [-0.1, -0.05) is 29.8 Å². The van der Waals surface area contributed by atoms with Gasteiger partial charge in [0.2, 0.25) is 0 Å². The number of hydrogen-bond acceptors (Lipinski definition) is 1. The third kappa shape index (κ3) is 4.18. The van der Waals surface area contributed by atoms with Gasteiger partial charge in [-0.15, -0.1) is 11.8 Å². The van der Waals surface area contributed by atoms with Gasteiger partial charge < -0.3 is 5.32 Å². The van der Waals surface area contributed by atoms with Crippen LogP contribution in [0.3, 0.4) is 0 Å². The molecule has 1 nitrogen and oxygen atoms in total. The Balaban J connectivity index is 2.57. The molecule has 0 heterocycles. The van der Waals surface area contributed by atoms with Crippen LogP contribution in [0.15, 0.2) is 24.3 Å². The van der Waals surface area contributed by atoms with Crippen LogP contribution in [0.4, 0.5) is 0 Å². The largest absolute Gasteiger partial charge is 0.316 e. The Labute approximate surface area is 92.9 Å². The minimum Gasteiger partial charge on any atom is -0.316 e. The summed E-state index contributed by atoms with van der Waals surface area (Å²) in [5, 5.41) is 3.30. The lowest BCUT2D eigenvalue weighted by molar-refractivity contribution is 0.573. The van der Waals surface area contributed by atoms with Crippen molar-refractivity contribution in [2.24, 2.45) is 0 Å². The van der Waals surface area contributed by atoms with Crippen molar-refractivity contribution in [1.29, 1.82) is 0 Å². The molecule has 0 saturated carbocycles. The van der Waals surface area contributed by atoms with Gasteiger partial charge in [0.15, 0.2) is 0 Å². The minimum atomic E-state index is 0.458. The Morgan fingerprint density at radius 3 is 2.47 bits per heavy atom. The summed E-state index contributed by atoms with van der Waals surface area (Å²) in [4.78, 5) is 0. The van der Waals surface area contributed by atoms with E-state index in [9.17, 15) is 0 Å². The average molecular weight is 201 g/mol. The number of aryl methyl sites for hydroxylation is 1. The van der Waals surface area contributed by atoms with Gasteiger partial charge in [0.05, 0.1) is 0 Å². The first-order chi connectivity index (χ1) is 7.26. The summed E-state index contributed by atoms with van der Waals surface area (Å²) >= 11 is 0. The van der Waals surface area contributed by atoms with E-state index in [0.29, 0.717) is 6.04 Å². The van der Waals surface area contributed by atoms with E-state index in [2.05, 4.69) is 48.3 Å². The van der Waals surface area contributed by atoms with Gasteiger partial charge in [0.1, 0.15) is 0 Å². The molecule has 80 valence electrons. The molecule has 1 rings (SSSR count). The predicted molar refractivity (Wildman–Crippen MR) is 65.8 cm³/mol. The zero-order valence-electron chi connectivity index (χ0n) is 9.80. The van der Waals surface area contributed by atoms with E-state index < -0.39 is 0 Å². The zero-order chi connectivity index (χ0) is 11.1. The molecule has 1 unspecified atom stereocenters. The summed E-state index contributed by atoms with van der Waals surface area (Å²) in [5.41, 5.74) is 2.69. The molecule has 0 saturated heterocycles. The van der Waals surface area contributed by atoms with Crippen molar-refractivity contribution >= 4 is 0 Å². The predicted octanol–water partition coefficient (Wildman–Crippen LogP) is 2.54. The van der Waals surface area contributed by atoms with Crippen LogP contribution in [0.1, 0.15) is 24.5 Å². The summed E-state index contributed by atoms with van der Waals surface area (Å²) in [5.74, 6) is 6.06. The van der Waals surface area contributed by atoms with Crippen LogP contribution in [0.25, 0.3) is 0 Å². The van der Waals surface area contributed by atoms with Crippen molar-refractivity contribution in [2.45, 2.75) is 32.7 Å². The van der Waals surface area contributed by atoms with E-state index in [1.54, 1.807) is 0 Å². The van der Waals surface area contributed by atoms with Crippen LogP contribution >= 0.6 is 0 Å². The summed E-state index contributed by atoms with van der Waals surface area (Å²) < 4.78 is 0. The third-order valence-corrected chi connectivity index (χ3v) is 2.54. The fraction of sp³-hybridized carbons (Fsp3) is 0.429. The molecule has 1 atom stereocenters. The topological polar surface area (TPSA) is 12.0 Å². The number of nitrogens with one attached hydrogen (secondary N) is 1. The number of likely N-dealkylation sites (N-methyl/N-ethyl adjacent to an activating group) is 1. The first-order valence-corrected chi connectivity index (χ1v) is 5.38. The van der Waals surface area contributed by atoms with Crippen LogP contribution in [0.5, 0.6) is 0 Å². The van der Waals surface area contributed by atoms with Crippen molar-refractivity contribution in [2.75, 3.05) is 7.05 Å². The molecule has 0 bridgehead atoms. The highest BCUT2D eigenvalue weighted by Crippen LogP contribution is 2.07. The smallest absolute Gasteiger partial charge is 0.0246 e. The van der Waals surface area contributed by atoms with Crippen LogP contribution < -0.4 is 5.32 Å². The fourth-order valence-corrected chi connectivity index (χ4v) is 1.51. The molecule has 0 fully saturated rings. The maximum Gasteiger partial charge on any atom is 0.0246 e. The molecule has 0 radical (unpaired) electrons. The Kier molecular flexibility index (Phi) is 4.93. The fourth-order valence-electron chi connectivity index (χ4n) is 1.51. The molecule has 0 aliphatic heterocycles. The van der Waals surface area contributed by atoms with Gasteiger partial charge in [-0.3, -0.25) is 0 Å². The molecular weight excluding hydrogens is 182 g/mol. The first kappa shape index (κ1) is 11.8. The molecule has 0 aliphatic carbocycles. The van der Waals surface area contributed by atoms with Crippen molar-refractivity contribution < 1.29 is 0 Å². The minimum absolute atomic E-state index is 0.458. The lowest BCUT2D eigenvalue weighted by Gasteiger charge is -2.13. The second-order valence-electron chi connectivity index (χ2n) is 3.81. The van der Waals surface area contributed by atoms with Crippen LogP contribution in [0, 0.1) is 18.8 Å². The van der Waals surface area contributed by atoms with Gasteiger partial charge in [0.25, 0.3) is 0 Å². The molecule has 1 aromatic rings. The second-order valence-corrected chi connectivity index (χ2v) is 3.81. The van der Waals surface area contributed by atoms with Gasteiger partial charge >= 0.3 is 0 Å².